The quantitative estimate of drug-likeness (QED) is 0.374. The molecule has 0 radical (unpaired) electrons. The van der Waals surface area contributed by atoms with Crippen LogP contribution in [0.1, 0.15) is 27.0 Å². The number of para-hydroxylation sites is 1. The first-order chi connectivity index (χ1) is 15.0. The fourth-order valence-electron chi connectivity index (χ4n) is 3.50. The third-order valence-corrected chi connectivity index (χ3v) is 5.13. The number of fused-ring (bicyclic) bond motifs is 1. The first-order valence-electron chi connectivity index (χ1n) is 9.63. The normalized spacial score (nSPS) is 12.6. The second-order valence-corrected chi connectivity index (χ2v) is 7.05. The molecule has 0 unspecified atom stereocenters. The maximum atomic E-state index is 12.5. The van der Waals surface area contributed by atoms with Gasteiger partial charge in [-0.15, -0.1) is 0 Å². The highest BCUT2D eigenvalue weighted by atomic mass is 16.6. The van der Waals surface area contributed by atoms with Crippen molar-refractivity contribution in [2.45, 2.75) is 13.1 Å². The van der Waals surface area contributed by atoms with Crippen molar-refractivity contribution in [3.05, 3.63) is 99.1 Å². The van der Waals surface area contributed by atoms with Gasteiger partial charge in [0.05, 0.1) is 23.8 Å². The Morgan fingerprint density at radius 2 is 1.84 bits per heavy atom. The number of hydrazone groups is 1. The second-order valence-electron chi connectivity index (χ2n) is 7.05. The molecule has 0 bridgehead atoms. The van der Waals surface area contributed by atoms with Crippen LogP contribution in [0.2, 0.25) is 0 Å². The Bertz CT molecular complexity index is 1160. The van der Waals surface area contributed by atoms with E-state index in [0.29, 0.717) is 17.7 Å². The van der Waals surface area contributed by atoms with Crippen LogP contribution in [-0.2, 0) is 13.1 Å². The van der Waals surface area contributed by atoms with Crippen LogP contribution in [0, 0.1) is 10.1 Å². The summed E-state index contributed by atoms with van der Waals surface area (Å²) in [4.78, 5) is 25.3. The predicted molar refractivity (Wildman–Crippen MR) is 117 cm³/mol. The Hall–Kier alpha value is -4.20. The number of carbonyl (C=O) groups excluding carboxylic acids is 1. The van der Waals surface area contributed by atoms with E-state index in [1.165, 1.54) is 12.3 Å². The van der Waals surface area contributed by atoms with Gasteiger partial charge in [0.1, 0.15) is 5.75 Å². The van der Waals surface area contributed by atoms with Gasteiger partial charge in [-0.25, -0.2) is 5.43 Å². The van der Waals surface area contributed by atoms with Gasteiger partial charge >= 0.3 is 0 Å². The van der Waals surface area contributed by atoms with Crippen molar-refractivity contribution in [3.63, 3.8) is 0 Å². The van der Waals surface area contributed by atoms with Crippen molar-refractivity contribution < 1.29 is 14.5 Å². The van der Waals surface area contributed by atoms with Gasteiger partial charge in [0, 0.05) is 30.4 Å². The van der Waals surface area contributed by atoms with Crippen LogP contribution in [0.4, 0.5) is 11.4 Å². The number of hydrogen-bond donors (Lipinski definition) is 1. The molecule has 1 aliphatic rings. The van der Waals surface area contributed by atoms with Gasteiger partial charge in [-0.3, -0.25) is 14.9 Å². The number of benzene rings is 3. The van der Waals surface area contributed by atoms with Gasteiger partial charge in [0.25, 0.3) is 11.6 Å². The lowest BCUT2D eigenvalue weighted by atomic mass is 10.1. The summed E-state index contributed by atoms with van der Waals surface area (Å²) in [5.74, 6) is 0.432. The topological polar surface area (TPSA) is 97.1 Å². The Balaban J connectivity index is 1.43. The molecule has 1 aliphatic heterocycles. The molecule has 1 heterocycles. The number of hydrogen-bond acceptors (Lipinski definition) is 6. The number of methoxy groups -OCH3 is 1. The van der Waals surface area contributed by atoms with E-state index >= 15 is 0 Å². The highest BCUT2D eigenvalue weighted by Crippen LogP contribution is 2.30. The van der Waals surface area contributed by atoms with Crippen LogP contribution in [-0.4, -0.2) is 24.2 Å². The van der Waals surface area contributed by atoms with E-state index in [1.807, 2.05) is 36.4 Å². The molecule has 156 valence electrons. The average Bonchev–Trinajstić information content (AvgIpc) is 3.22. The van der Waals surface area contributed by atoms with Gasteiger partial charge in [0.2, 0.25) is 0 Å². The molecule has 31 heavy (non-hydrogen) atoms. The summed E-state index contributed by atoms with van der Waals surface area (Å²) in [5, 5.41) is 14.9. The SMILES string of the molecule is COc1ccc(N2Cc3ccc(C(=O)N/N=C\c4ccccc4[N+](=O)[O-])cc3C2)cc1. The number of nitrogens with zero attached hydrogens (tertiary/aromatic N) is 3. The summed E-state index contributed by atoms with van der Waals surface area (Å²) in [7, 11) is 1.64. The number of rotatable bonds is 6. The minimum Gasteiger partial charge on any atom is -0.497 e. The number of nitro benzene ring substituents is 1. The number of amides is 1. The summed E-state index contributed by atoms with van der Waals surface area (Å²) in [6.45, 7) is 1.46. The Kier molecular flexibility index (Phi) is 5.61. The zero-order chi connectivity index (χ0) is 21.8. The molecule has 8 nitrogen and oxygen atoms in total. The van der Waals surface area contributed by atoms with E-state index in [2.05, 4.69) is 15.4 Å². The molecule has 0 saturated carbocycles. The van der Waals surface area contributed by atoms with Gasteiger partial charge < -0.3 is 9.64 Å². The van der Waals surface area contributed by atoms with Crippen molar-refractivity contribution in [1.29, 1.82) is 0 Å². The molecule has 4 rings (SSSR count). The van der Waals surface area contributed by atoms with Gasteiger partial charge in [-0.05, 0) is 53.6 Å². The zero-order valence-electron chi connectivity index (χ0n) is 16.8. The first-order valence-corrected chi connectivity index (χ1v) is 9.63. The van der Waals surface area contributed by atoms with Crippen LogP contribution >= 0.6 is 0 Å². The van der Waals surface area contributed by atoms with Crippen LogP contribution < -0.4 is 15.1 Å². The van der Waals surface area contributed by atoms with E-state index in [0.717, 1.165) is 29.1 Å². The third-order valence-electron chi connectivity index (χ3n) is 5.13. The molecule has 0 saturated heterocycles. The number of nitrogens with one attached hydrogen (secondary N) is 1. The number of nitro groups is 1. The lowest BCUT2D eigenvalue weighted by molar-refractivity contribution is -0.385. The number of anilines is 1. The van der Waals surface area contributed by atoms with Gasteiger partial charge in [-0.1, -0.05) is 18.2 Å². The van der Waals surface area contributed by atoms with E-state index in [-0.39, 0.29) is 11.6 Å². The second kappa shape index (κ2) is 8.66. The largest absolute Gasteiger partial charge is 0.497 e. The Labute approximate surface area is 178 Å². The lowest BCUT2D eigenvalue weighted by Crippen LogP contribution is -2.18. The van der Waals surface area contributed by atoms with Crippen molar-refractivity contribution in [1.82, 2.24) is 5.43 Å². The molecular formula is C23H20N4O4. The highest BCUT2D eigenvalue weighted by molar-refractivity contribution is 5.95. The molecule has 8 heteroatoms. The maximum Gasteiger partial charge on any atom is 0.278 e. The number of carbonyl (C=O) groups is 1. The van der Waals surface area contributed by atoms with E-state index < -0.39 is 4.92 Å². The van der Waals surface area contributed by atoms with Crippen LogP contribution in [0.3, 0.4) is 0 Å². The molecule has 3 aromatic rings. The molecule has 0 aliphatic carbocycles. The number of ether oxygens (including phenoxy) is 1. The van der Waals surface area contributed by atoms with Gasteiger partial charge in [0.15, 0.2) is 0 Å². The van der Waals surface area contributed by atoms with Crippen molar-refractivity contribution in [2.24, 2.45) is 5.10 Å². The highest BCUT2D eigenvalue weighted by Gasteiger charge is 2.21. The van der Waals surface area contributed by atoms with Crippen LogP contribution in [0.5, 0.6) is 5.75 Å². The van der Waals surface area contributed by atoms with E-state index in [1.54, 1.807) is 31.4 Å². The fourth-order valence-corrected chi connectivity index (χ4v) is 3.50. The summed E-state index contributed by atoms with van der Waals surface area (Å²) in [6.07, 6.45) is 1.27. The van der Waals surface area contributed by atoms with E-state index in [9.17, 15) is 14.9 Å². The molecule has 3 aromatic carbocycles. The molecule has 0 spiro atoms. The molecule has 0 atom stereocenters. The van der Waals surface area contributed by atoms with Crippen molar-refractivity contribution in [3.8, 4) is 5.75 Å². The predicted octanol–water partition coefficient (Wildman–Crippen LogP) is 3.89. The molecule has 0 fully saturated rings. The van der Waals surface area contributed by atoms with E-state index in [4.69, 9.17) is 4.74 Å². The summed E-state index contributed by atoms with van der Waals surface area (Å²) in [5.41, 5.74) is 6.48. The minimum atomic E-state index is -0.488. The molecular weight excluding hydrogens is 396 g/mol. The Morgan fingerprint density at radius 1 is 1.10 bits per heavy atom. The van der Waals surface area contributed by atoms with Crippen LogP contribution in [0.25, 0.3) is 0 Å². The first kappa shape index (κ1) is 20.1. The van der Waals surface area contributed by atoms with Crippen LogP contribution in [0.15, 0.2) is 71.8 Å². The fraction of sp³-hybridized carbons (Fsp3) is 0.130. The Morgan fingerprint density at radius 3 is 2.58 bits per heavy atom. The lowest BCUT2D eigenvalue weighted by Gasteiger charge is -2.17. The summed E-state index contributed by atoms with van der Waals surface area (Å²) < 4.78 is 5.21. The molecule has 0 aromatic heterocycles. The zero-order valence-corrected chi connectivity index (χ0v) is 16.8. The smallest absolute Gasteiger partial charge is 0.278 e. The summed E-state index contributed by atoms with van der Waals surface area (Å²) >= 11 is 0. The standard InChI is InChI=1S/C23H20N4O4/c1-31-21-10-8-20(9-11-21)26-14-18-7-6-16(12-19(18)15-26)23(28)25-24-13-17-4-2-3-5-22(17)27(29)30/h2-13H,14-15H2,1H3,(H,25,28)/b24-13-. The molecule has 1 amide bonds. The third kappa shape index (κ3) is 4.37. The maximum absolute atomic E-state index is 12.5. The monoisotopic (exact) mass is 416 g/mol. The van der Waals surface area contributed by atoms with Crippen molar-refractivity contribution in [2.75, 3.05) is 12.0 Å². The molecule has 1 N–H and O–H groups in total. The van der Waals surface area contributed by atoms with Gasteiger partial charge in [-0.2, -0.15) is 5.10 Å². The van der Waals surface area contributed by atoms with Crippen molar-refractivity contribution >= 4 is 23.5 Å². The minimum absolute atomic E-state index is 0.0725. The summed E-state index contributed by atoms with van der Waals surface area (Å²) in [6, 6.07) is 19.6. The average molecular weight is 416 g/mol.